The predicted octanol–water partition coefficient (Wildman–Crippen LogP) is 5.54. The maximum atomic E-state index is 6.29. The molecule has 1 nitrogen and oxygen atoms in total. The van der Waals surface area contributed by atoms with Crippen LogP contribution in [0.25, 0.3) is 0 Å². The van der Waals surface area contributed by atoms with E-state index < -0.39 is 0 Å². The number of hydrogen-bond donors (Lipinski definition) is 1. The molecule has 0 heterocycles. The molecule has 2 rings (SSSR count). The SMILES string of the molecule is CCCNC(Cc1ccccc1C)c1ccc(I)c(Cl)c1. The van der Waals surface area contributed by atoms with E-state index >= 15 is 0 Å². The second-order valence-corrected chi connectivity index (χ2v) is 6.88. The fourth-order valence-electron chi connectivity index (χ4n) is 2.41. The van der Waals surface area contributed by atoms with Gasteiger partial charge in [-0.2, -0.15) is 0 Å². The van der Waals surface area contributed by atoms with Crippen molar-refractivity contribution < 1.29 is 0 Å². The molecule has 3 heteroatoms. The van der Waals surface area contributed by atoms with Crippen molar-refractivity contribution in [1.29, 1.82) is 0 Å². The summed E-state index contributed by atoms with van der Waals surface area (Å²) in [5.74, 6) is 0. The zero-order valence-electron chi connectivity index (χ0n) is 12.5. The highest BCUT2D eigenvalue weighted by Gasteiger charge is 2.14. The predicted molar refractivity (Wildman–Crippen MR) is 100 cm³/mol. The second kappa shape index (κ2) is 8.16. The van der Waals surface area contributed by atoms with Gasteiger partial charge in [-0.1, -0.05) is 48.9 Å². The monoisotopic (exact) mass is 413 g/mol. The van der Waals surface area contributed by atoms with Crippen molar-refractivity contribution in [2.45, 2.75) is 32.7 Å². The van der Waals surface area contributed by atoms with E-state index in [1.165, 1.54) is 16.7 Å². The van der Waals surface area contributed by atoms with Gasteiger partial charge >= 0.3 is 0 Å². The summed E-state index contributed by atoms with van der Waals surface area (Å²) < 4.78 is 1.10. The summed E-state index contributed by atoms with van der Waals surface area (Å²) in [5.41, 5.74) is 4.00. The lowest BCUT2D eigenvalue weighted by molar-refractivity contribution is 0.528. The third kappa shape index (κ3) is 4.70. The van der Waals surface area contributed by atoms with Crippen molar-refractivity contribution in [2.24, 2.45) is 0 Å². The van der Waals surface area contributed by atoms with E-state index in [4.69, 9.17) is 11.6 Å². The van der Waals surface area contributed by atoms with Crippen LogP contribution in [-0.4, -0.2) is 6.54 Å². The van der Waals surface area contributed by atoms with E-state index in [0.29, 0.717) is 6.04 Å². The average molecular weight is 414 g/mol. The standard InChI is InChI=1S/C18H21ClIN/c1-3-10-21-18(12-14-7-5-4-6-13(14)2)15-8-9-17(20)16(19)11-15/h4-9,11,18,21H,3,10,12H2,1-2H3. The molecular formula is C18H21ClIN. The van der Waals surface area contributed by atoms with Crippen molar-refractivity contribution >= 4 is 34.2 Å². The molecular weight excluding hydrogens is 393 g/mol. The molecule has 21 heavy (non-hydrogen) atoms. The maximum Gasteiger partial charge on any atom is 0.0542 e. The highest BCUT2D eigenvalue weighted by Crippen LogP contribution is 2.26. The number of hydrogen-bond acceptors (Lipinski definition) is 1. The molecule has 112 valence electrons. The van der Waals surface area contributed by atoms with Crippen molar-refractivity contribution in [1.82, 2.24) is 5.32 Å². The Hall–Kier alpha value is -0.580. The molecule has 0 aliphatic carbocycles. The Bertz CT molecular complexity index is 598. The molecule has 1 N–H and O–H groups in total. The van der Waals surface area contributed by atoms with Crippen LogP contribution in [0.4, 0.5) is 0 Å². The van der Waals surface area contributed by atoms with E-state index in [-0.39, 0.29) is 0 Å². The van der Waals surface area contributed by atoms with Crippen molar-refractivity contribution in [3.63, 3.8) is 0 Å². The van der Waals surface area contributed by atoms with Gasteiger partial charge in [-0.25, -0.2) is 0 Å². The van der Waals surface area contributed by atoms with Gasteiger partial charge in [-0.05, 0) is 77.7 Å². The molecule has 1 atom stereocenters. The van der Waals surface area contributed by atoms with Gasteiger partial charge in [0.15, 0.2) is 0 Å². The Labute approximate surface area is 146 Å². The Morgan fingerprint density at radius 1 is 1.19 bits per heavy atom. The highest BCUT2D eigenvalue weighted by atomic mass is 127. The normalized spacial score (nSPS) is 12.4. The third-order valence-corrected chi connectivity index (χ3v) is 5.24. The summed E-state index contributed by atoms with van der Waals surface area (Å²) in [6.45, 7) is 5.38. The lowest BCUT2D eigenvalue weighted by Crippen LogP contribution is -2.24. The molecule has 0 saturated carbocycles. The first-order valence-corrected chi connectivity index (χ1v) is 8.80. The molecule has 2 aromatic carbocycles. The summed E-state index contributed by atoms with van der Waals surface area (Å²) in [6, 6.07) is 15.3. The van der Waals surface area contributed by atoms with Gasteiger partial charge in [0.2, 0.25) is 0 Å². The van der Waals surface area contributed by atoms with E-state index in [9.17, 15) is 0 Å². The van der Waals surface area contributed by atoms with E-state index in [0.717, 1.165) is 28.0 Å². The fourth-order valence-corrected chi connectivity index (χ4v) is 2.94. The van der Waals surface area contributed by atoms with Crippen LogP contribution in [0.2, 0.25) is 5.02 Å². The Kier molecular flexibility index (Phi) is 6.52. The van der Waals surface area contributed by atoms with Crippen molar-refractivity contribution in [3.8, 4) is 0 Å². The van der Waals surface area contributed by atoms with Gasteiger partial charge in [-0.15, -0.1) is 0 Å². The molecule has 0 aliphatic rings. The van der Waals surface area contributed by atoms with Gasteiger partial charge in [0.1, 0.15) is 0 Å². The van der Waals surface area contributed by atoms with Crippen molar-refractivity contribution in [3.05, 3.63) is 67.7 Å². The Balaban J connectivity index is 2.25. The van der Waals surface area contributed by atoms with Crippen LogP contribution in [0.3, 0.4) is 0 Å². The maximum absolute atomic E-state index is 6.29. The smallest absolute Gasteiger partial charge is 0.0542 e. The molecule has 0 aromatic heterocycles. The van der Waals surface area contributed by atoms with E-state index in [2.05, 4.69) is 84.2 Å². The second-order valence-electron chi connectivity index (χ2n) is 5.31. The number of rotatable bonds is 6. The number of benzene rings is 2. The molecule has 1 unspecified atom stereocenters. The lowest BCUT2D eigenvalue weighted by Gasteiger charge is -2.21. The summed E-state index contributed by atoms with van der Waals surface area (Å²) in [4.78, 5) is 0. The van der Waals surface area contributed by atoms with Crippen LogP contribution < -0.4 is 5.32 Å². The van der Waals surface area contributed by atoms with Crippen LogP contribution in [-0.2, 0) is 6.42 Å². The topological polar surface area (TPSA) is 12.0 Å². The molecule has 0 aliphatic heterocycles. The van der Waals surface area contributed by atoms with Crippen LogP contribution in [0.5, 0.6) is 0 Å². The lowest BCUT2D eigenvalue weighted by atomic mass is 9.96. The number of halogens is 2. The molecule has 0 bridgehead atoms. The summed E-state index contributed by atoms with van der Waals surface area (Å²) in [5, 5.41) is 4.48. The molecule has 0 amide bonds. The Morgan fingerprint density at radius 2 is 1.95 bits per heavy atom. The first kappa shape index (κ1) is 16.8. The molecule has 0 radical (unpaired) electrons. The largest absolute Gasteiger partial charge is 0.310 e. The van der Waals surface area contributed by atoms with Crippen LogP contribution >= 0.6 is 34.2 Å². The molecule has 2 aromatic rings. The summed E-state index contributed by atoms with van der Waals surface area (Å²) in [6.07, 6.45) is 2.12. The average Bonchev–Trinajstić information content (AvgIpc) is 2.48. The van der Waals surface area contributed by atoms with Crippen molar-refractivity contribution in [2.75, 3.05) is 6.54 Å². The number of aryl methyl sites for hydroxylation is 1. The number of nitrogens with one attached hydrogen (secondary N) is 1. The first-order chi connectivity index (χ1) is 10.1. The van der Waals surface area contributed by atoms with Gasteiger partial charge in [0.25, 0.3) is 0 Å². The first-order valence-electron chi connectivity index (χ1n) is 7.34. The van der Waals surface area contributed by atoms with E-state index in [1.807, 2.05) is 0 Å². The zero-order chi connectivity index (χ0) is 15.2. The minimum absolute atomic E-state index is 0.306. The van der Waals surface area contributed by atoms with Gasteiger partial charge in [-0.3, -0.25) is 0 Å². The molecule has 0 saturated heterocycles. The van der Waals surface area contributed by atoms with Gasteiger partial charge in [0, 0.05) is 9.61 Å². The van der Waals surface area contributed by atoms with Gasteiger partial charge in [0.05, 0.1) is 5.02 Å². The minimum atomic E-state index is 0.306. The van der Waals surface area contributed by atoms with Gasteiger partial charge < -0.3 is 5.32 Å². The highest BCUT2D eigenvalue weighted by molar-refractivity contribution is 14.1. The summed E-state index contributed by atoms with van der Waals surface area (Å²) in [7, 11) is 0. The third-order valence-electron chi connectivity index (χ3n) is 3.67. The van der Waals surface area contributed by atoms with E-state index in [1.54, 1.807) is 0 Å². The summed E-state index contributed by atoms with van der Waals surface area (Å²) >= 11 is 8.56. The zero-order valence-corrected chi connectivity index (χ0v) is 15.4. The minimum Gasteiger partial charge on any atom is -0.310 e. The molecule has 0 spiro atoms. The molecule has 0 fully saturated rings. The van der Waals surface area contributed by atoms with Crippen LogP contribution in [0.15, 0.2) is 42.5 Å². The van der Waals surface area contributed by atoms with Crippen LogP contribution in [0.1, 0.15) is 36.1 Å². The fraction of sp³-hybridized carbons (Fsp3) is 0.333. The quantitative estimate of drug-likeness (QED) is 0.613. The Morgan fingerprint density at radius 3 is 2.62 bits per heavy atom. The van der Waals surface area contributed by atoms with Crippen LogP contribution in [0, 0.1) is 10.5 Å².